The Morgan fingerprint density at radius 2 is 2.41 bits per heavy atom. The minimum atomic E-state index is -0.990. The van der Waals surface area contributed by atoms with Crippen LogP contribution in [0.3, 0.4) is 0 Å². The third-order valence-electron chi connectivity index (χ3n) is 2.15. The molecular weight excluding hydrogens is 238 g/mol. The molecule has 2 heterocycles. The Labute approximate surface area is 102 Å². The third-order valence-corrected chi connectivity index (χ3v) is 3.11. The number of thiazole rings is 1. The van der Waals surface area contributed by atoms with Crippen LogP contribution in [-0.4, -0.2) is 21.0 Å². The molecule has 0 amide bonds. The van der Waals surface area contributed by atoms with Crippen molar-refractivity contribution < 1.29 is 9.90 Å². The molecule has 0 unspecified atom stereocenters. The highest BCUT2D eigenvalue weighted by Gasteiger charge is 2.09. The molecule has 2 aromatic heterocycles. The van der Waals surface area contributed by atoms with Crippen LogP contribution in [0.1, 0.15) is 21.1 Å². The van der Waals surface area contributed by atoms with Gasteiger partial charge in [-0.1, -0.05) is 0 Å². The Morgan fingerprint density at radius 3 is 3.06 bits per heavy atom. The largest absolute Gasteiger partial charge is 0.478 e. The first kappa shape index (κ1) is 11.5. The van der Waals surface area contributed by atoms with Gasteiger partial charge in [0.25, 0.3) is 0 Å². The molecule has 0 spiro atoms. The Hall–Kier alpha value is -1.95. The first-order chi connectivity index (χ1) is 8.16. The summed E-state index contributed by atoms with van der Waals surface area (Å²) in [5.74, 6) is -0.990. The molecule has 2 aromatic rings. The topological polar surface area (TPSA) is 75.1 Å². The van der Waals surface area contributed by atoms with Crippen molar-refractivity contribution in [3.05, 3.63) is 40.1 Å². The average Bonchev–Trinajstić information content (AvgIpc) is 2.73. The number of carboxylic acid groups (broad SMARTS) is 1. The molecule has 0 saturated carbocycles. The number of hydrogen-bond acceptors (Lipinski definition) is 5. The van der Waals surface area contributed by atoms with Crippen molar-refractivity contribution >= 4 is 23.0 Å². The number of carbonyl (C=O) groups is 1. The van der Waals surface area contributed by atoms with E-state index in [1.54, 1.807) is 23.6 Å². The zero-order chi connectivity index (χ0) is 12.3. The van der Waals surface area contributed by atoms with Gasteiger partial charge in [0.05, 0.1) is 12.2 Å². The molecule has 0 atom stereocenters. The predicted octanol–water partition coefficient (Wildman–Crippen LogP) is 2.16. The van der Waals surface area contributed by atoms with Gasteiger partial charge in [-0.25, -0.2) is 9.78 Å². The first-order valence-electron chi connectivity index (χ1n) is 4.99. The summed E-state index contributed by atoms with van der Waals surface area (Å²) in [7, 11) is 0. The summed E-state index contributed by atoms with van der Waals surface area (Å²) in [6.07, 6.45) is 2.89. The van der Waals surface area contributed by atoms with Crippen molar-refractivity contribution in [3.8, 4) is 0 Å². The maximum atomic E-state index is 10.9. The monoisotopic (exact) mass is 249 g/mol. The molecular formula is C11H11N3O2S. The molecule has 0 aromatic carbocycles. The lowest BCUT2D eigenvalue weighted by molar-refractivity contribution is 0.0697. The average molecular weight is 249 g/mol. The van der Waals surface area contributed by atoms with E-state index in [1.165, 1.54) is 6.20 Å². The van der Waals surface area contributed by atoms with Crippen molar-refractivity contribution in [1.82, 2.24) is 9.97 Å². The van der Waals surface area contributed by atoms with Crippen LogP contribution < -0.4 is 5.32 Å². The lowest BCUT2D eigenvalue weighted by atomic mass is 10.2. The lowest BCUT2D eigenvalue weighted by Crippen LogP contribution is -2.06. The lowest BCUT2D eigenvalue weighted by Gasteiger charge is -2.06. The molecule has 0 aliphatic heterocycles. The number of pyridine rings is 1. The number of hydrogen-bond donors (Lipinski definition) is 2. The number of aryl methyl sites for hydroxylation is 1. The second-order valence-corrected chi connectivity index (χ2v) is 4.41. The summed E-state index contributed by atoms with van der Waals surface area (Å²) in [4.78, 5) is 19.0. The summed E-state index contributed by atoms with van der Waals surface area (Å²) in [5.41, 5.74) is 1.70. The van der Waals surface area contributed by atoms with E-state index in [0.717, 1.165) is 10.7 Å². The van der Waals surface area contributed by atoms with Crippen LogP contribution in [0.15, 0.2) is 23.8 Å². The van der Waals surface area contributed by atoms with Crippen LogP contribution in [0, 0.1) is 6.92 Å². The maximum absolute atomic E-state index is 10.9. The van der Waals surface area contributed by atoms with Gasteiger partial charge in [0.15, 0.2) is 0 Å². The van der Waals surface area contributed by atoms with Crippen molar-refractivity contribution in [1.29, 1.82) is 0 Å². The quantitative estimate of drug-likeness (QED) is 0.868. The van der Waals surface area contributed by atoms with Gasteiger partial charge >= 0.3 is 5.97 Å². The minimum absolute atomic E-state index is 0.167. The van der Waals surface area contributed by atoms with E-state index in [9.17, 15) is 4.79 Å². The predicted molar refractivity (Wildman–Crippen MR) is 65.4 cm³/mol. The zero-order valence-electron chi connectivity index (χ0n) is 9.17. The van der Waals surface area contributed by atoms with E-state index in [0.29, 0.717) is 12.2 Å². The zero-order valence-corrected chi connectivity index (χ0v) is 9.99. The third kappa shape index (κ3) is 2.79. The fraction of sp³-hybridized carbons (Fsp3) is 0.182. The standard InChI is InChI=1S/C11H11N3O2S/c1-7-6-17-10(14-7)5-13-9-2-3-12-4-8(9)11(15)16/h2-4,6H,5H2,1H3,(H,12,13)(H,15,16). The molecule has 6 heteroatoms. The van der Waals surface area contributed by atoms with Gasteiger partial charge in [0, 0.05) is 23.5 Å². The molecule has 0 aliphatic rings. The van der Waals surface area contributed by atoms with E-state index in [2.05, 4.69) is 15.3 Å². The Bertz CT molecular complexity index is 539. The first-order valence-corrected chi connectivity index (χ1v) is 5.87. The van der Waals surface area contributed by atoms with Crippen LogP contribution >= 0.6 is 11.3 Å². The second kappa shape index (κ2) is 4.92. The highest BCUT2D eigenvalue weighted by molar-refractivity contribution is 7.09. The summed E-state index contributed by atoms with van der Waals surface area (Å²) in [6.45, 7) is 2.44. The SMILES string of the molecule is Cc1csc(CNc2ccncc2C(=O)O)n1. The van der Waals surface area contributed by atoms with Gasteiger partial charge in [-0.3, -0.25) is 4.98 Å². The van der Waals surface area contributed by atoms with E-state index < -0.39 is 5.97 Å². The Morgan fingerprint density at radius 1 is 1.59 bits per heavy atom. The van der Waals surface area contributed by atoms with Gasteiger partial charge < -0.3 is 10.4 Å². The van der Waals surface area contributed by atoms with Gasteiger partial charge in [-0.05, 0) is 13.0 Å². The molecule has 2 rings (SSSR count). The van der Waals surface area contributed by atoms with E-state index in [-0.39, 0.29) is 5.56 Å². The normalized spacial score (nSPS) is 10.2. The molecule has 0 aliphatic carbocycles. The number of carboxylic acids is 1. The summed E-state index contributed by atoms with van der Waals surface area (Å²) in [5, 5.41) is 14.9. The molecule has 17 heavy (non-hydrogen) atoms. The van der Waals surface area contributed by atoms with Crippen molar-refractivity contribution in [3.63, 3.8) is 0 Å². The fourth-order valence-corrected chi connectivity index (χ4v) is 2.09. The van der Waals surface area contributed by atoms with Gasteiger partial charge in [-0.2, -0.15) is 0 Å². The number of nitrogens with zero attached hydrogens (tertiary/aromatic N) is 2. The maximum Gasteiger partial charge on any atom is 0.339 e. The molecule has 88 valence electrons. The van der Waals surface area contributed by atoms with Gasteiger partial charge in [0.1, 0.15) is 10.6 Å². The molecule has 5 nitrogen and oxygen atoms in total. The summed E-state index contributed by atoms with van der Waals surface area (Å²) in [6, 6.07) is 1.64. The minimum Gasteiger partial charge on any atom is -0.478 e. The van der Waals surface area contributed by atoms with Crippen molar-refractivity contribution in [2.45, 2.75) is 13.5 Å². The molecule has 0 bridgehead atoms. The number of nitrogens with one attached hydrogen (secondary N) is 1. The van der Waals surface area contributed by atoms with Crippen LogP contribution in [0.25, 0.3) is 0 Å². The number of rotatable bonds is 4. The number of aromatic carboxylic acids is 1. The van der Waals surface area contributed by atoms with Crippen molar-refractivity contribution in [2.75, 3.05) is 5.32 Å². The van der Waals surface area contributed by atoms with Gasteiger partial charge in [0.2, 0.25) is 0 Å². The summed E-state index contributed by atoms with van der Waals surface area (Å²) >= 11 is 1.55. The van der Waals surface area contributed by atoms with Crippen molar-refractivity contribution in [2.24, 2.45) is 0 Å². The van der Waals surface area contributed by atoms with Crippen LogP contribution in [0.2, 0.25) is 0 Å². The van der Waals surface area contributed by atoms with Crippen LogP contribution in [-0.2, 0) is 6.54 Å². The number of aromatic nitrogens is 2. The summed E-state index contributed by atoms with van der Waals surface area (Å²) < 4.78 is 0. The Kier molecular flexibility index (Phi) is 3.34. The fourth-order valence-electron chi connectivity index (χ4n) is 1.37. The van der Waals surface area contributed by atoms with Crippen LogP contribution in [0.5, 0.6) is 0 Å². The highest BCUT2D eigenvalue weighted by Crippen LogP contribution is 2.16. The van der Waals surface area contributed by atoms with E-state index in [4.69, 9.17) is 5.11 Å². The van der Waals surface area contributed by atoms with Crippen LogP contribution in [0.4, 0.5) is 5.69 Å². The van der Waals surface area contributed by atoms with E-state index in [1.807, 2.05) is 12.3 Å². The molecule has 0 saturated heterocycles. The molecule has 0 radical (unpaired) electrons. The highest BCUT2D eigenvalue weighted by atomic mass is 32.1. The molecule has 2 N–H and O–H groups in total. The van der Waals surface area contributed by atoms with E-state index >= 15 is 0 Å². The second-order valence-electron chi connectivity index (χ2n) is 3.46. The van der Waals surface area contributed by atoms with Gasteiger partial charge in [-0.15, -0.1) is 11.3 Å². The smallest absolute Gasteiger partial charge is 0.339 e. The Balaban J connectivity index is 2.11. The molecule has 0 fully saturated rings. The number of anilines is 1.